The van der Waals surface area contributed by atoms with Crippen LogP contribution >= 0.6 is 11.6 Å². The highest BCUT2D eigenvalue weighted by Gasteiger charge is 2.30. The summed E-state index contributed by atoms with van der Waals surface area (Å²) in [6.07, 6.45) is 3.90. The molecular weight excluding hydrogens is 374 g/mol. The molecule has 0 aliphatic carbocycles. The summed E-state index contributed by atoms with van der Waals surface area (Å²) in [6.45, 7) is 7.87. The van der Waals surface area contributed by atoms with Crippen LogP contribution in [0.15, 0.2) is 23.3 Å². The Morgan fingerprint density at radius 1 is 1.50 bits per heavy atom. The maximum atomic E-state index is 11.9. The Labute approximate surface area is 161 Å². The van der Waals surface area contributed by atoms with Crippen LogP contribution in [0.3, 0.4) is 0 Å². The molecule has 0 saturated carbocycles. The molecule has 1 saturated heterocycles. The molecule has 9 heteroatoms. The first-order valence-electron chi connectivity index (χ1n) is 8.74. The van der Waals surface area contributed by atoms with Gasteiger partial charge in [0.25, 0.3) is 0 Å². The zero-order chi connectivity index (χ0) is 19.4. The highest BCUT2D eigenvalue weighted by atomic mass is 35.5. The minimum absolute atomic E-state index is 0.187. The number of pyridine rings is 1. The minimum Gasteiger partial charge on any atom is -0.357 e. The second-order valence-corrected chi connectivity index (χ2v) is 10.2. The molecule has 1 atom stereocenters. The summed E-state index contributed by atoms with van der Waals surface area (Å²) >= 11 is 6.23. The third kappa shape index (κ3) is 5.23. The SMILES string of the molecule is CCNC(=NCC(C)(C)S(C)(=O)=O)NC1CCN(c2ncccc2Cl)C1. The van der Waals surface area contributed by atoms with E-state index in [1.807, 2.05) is 19.1 Å². The summed E-state index contributed by atoms with van der Waals surface area (Å²) in [5, 5.41) is 7.22. The average Bonchev–Trinajstić information content (AvgIpc) is 3.00. The van der Waals surface area contributed by atoms with Crippen molar-refractivity contribution in [2.45, 2.75) is 38.0 Å². The van der Waals surface area contributed by atoms with Gasteiger partial charge < -0.3 is 15.5 Å². The van der Waals surface area contributed by atoms with Gasteiger partial charge in [-0.1, -0.05) is 11.6 Å². The summed E-state index contributed by atoms with van der Waals surface area (Å²) in [7, 11) is -3.18. The van der Waals surface area contributed by atoms with Gasteiger partial charge in [-0.15, -0.1) is 0 Å². The zero-order valence-corrected chi connectivity index (χ0v) is 17.4. The number of aromatic nitrogens is 1. The van der Waals surface area contributed by atoms with Crippen molar-refractivity contribution in [1.29, 1.82) is 0 Å². The first-order chi connectivity index (χ1) is 12.1. The van der Waals surface area contributed by atoms with E-state index >= 15 is 0 Å². The van der Waals surface area contributed by atoms with Crippen molar-refractivity contribution in [3.8, 4) is 0 Å². The van der Waals surface area contributed by atoms with Gasteiger partial charge in [-0.2, -0.15) is 0 Å². The molecular formula is C17H28ClN5O2S. The number of guanidine groups is 1. The van der Waals surface area contributed by atoms with Gasteiger partial charge in [0.05, 0.1) is 16.3 Å². The van der Waals surface area contributed by atoms with Crippen LogP contribution in [0.25, 0.3) is 0 Å². The molecule has 7 nitrogen and oxygen atoms in total. The molecule has 146 valence electrons. The molecule has 1 unspecified atom stereocenters. The van der Waals surface area contributed by atoms with E-state index in [0.29, 0.717) is 17.5 Å². The predicted octanol–water partition coefficient (Wildman–Crippen LogP) is 1.69. The lowest BCUT2D eigenvalue weighted by atomic mass is 10.2. The molecule has 1 aliphatic rings. The molecule has 1 aliphatic heterocycles. The van der Waals surface area contributed by atoms with Crippen molar-refractivity contribution in [2.24, 2.45) is 4.99 Å². The van der Waals surface area contributed by atoms with E-state index in [4.69, 9.17) is 11.6 Å². The number of hydrogen-bond donors (Lipinski definition) is 2. The van der Waals surface area contributed by atoms with Gasteiger partial charge in [-0.05, 0) is 39.3 Å². The van der Waals surface area contributed by atoms with Crippen LogP contribution in [-0.2, 0) is 9.84 Å². The topological polar surface area (TPSA) is 86.7 Å². The van der Waals surface area contributed by atoms with Crippen LogP contribution in [0.5, 0.6) is 0 Å². The van der Waals surface area contributed by atoms with Crippen LogP contribution in [0.2, 0.25) is 5.02 Å². The molecule has 0 radical (unpaired) electrons. The maximum Gasteiger partial charge on any atom is 0.191 e. The van der Waals surface area contributed by atoms with Crippen LogP contribution in [-0.4, -0.2) is 62.6 Å². The van der Waals surface area contributed by atoms with Gasteiger partial charge in [0.2, 0.25) is 0 Å². The quantitative estimate of drug-likeness (QED) is 0.557. The Morgan fingerprint density at radius 2 is 2.23 bits per heavy atom. The van der Waals surface area contributed by atoms with E-state index in [1.54, 1.807) is 20.0 Å². The van der Waals surface area contributed by atoms with Crippen molar-refractivity contribution in [3.63, 3.8) is 0 Å². The van der Waals surface area contributed by atoms with Crippen LogP contribution in [0.4, 0.5) is 5.82 Å². The summed E-state index contributed by atoms with van der Waals surface area (Å²) in [6, 6.07) is 3.84. The lowest BCUT2D eigenvalue weighted by molar-refractivity contribution is 0.553. The van der Waals surface area contributed by atoms with Gasteiger partial charge in [0, 0.05) is 38.1 Å². The van der Waals surface area contributed by atoms with E-state index in [2.05, 4.69) is 25.5 Å². The van der Waals surface area contributed by atoms with Crippen LogP contribution in [0, 0.1) is 0 Å². The van der Waals surface area contributed by atoms with Crippen molar-refractivity contribution in [1.82, 2.24) is 15.6 Å². The third-order valence-electron chi connectivity index (χ3n) is 4.53. The van der Waals surface area contributed by atoms with Gasteiger partial charge >= 0.3 is 0 Å². The zero-order valence-electron chi connectivity index (χ0n) is 15.8. The molecule has 0 amide bonds. The Balaban J connectivity index is 2.02. The maximum absolute atomic E-state index is 11.9. The highest BCUT2D eigenvalue weighted by molar-refractivity contribution is 7.92. The largest absolute Gasteiger partial charge is 0.357 e. The number of nitrogens with one attached hydrogen (secondary N) is 2. The fraction of sp³-hybridized carbons (Fsp3) is 0.647. The molecule has 1 aromatic rings. The van der Waals surface area contributed by atoms with E-state index in [1.165, 1.54) is 6.26 Å². The first kappa shape index (κ1) is 20.8. The Morgan fingerprint density at radius 3 is 2.85 bits per heavy atom. The van der Waals surface area contributed by atoms with Gasteiger partial charge in [-0.3, -0.25) is 4.99 Å². The Kier molecular flexibility index (Phi) is 6.74. The highest BCUT2D eigenvalue weighted by Crippen LogP contribution is 2.25. The first-order valence-corrected chi connectivity index (χ1v) is 11.0. The Bertz CT molecular complexity index is 751. The summed E-state index contributed by atoms with van der Waals surface area (Å²) in [5.74, 6) is 1.42. The normalized spacial score (nSPS) is 18.9. The average molecular weight is 402 g/mol. The van der Waals surface area contributed by atoms with Gasteiger partial charge in [0.1, 0.15) is 5.82 Å². The number of halogens is 1. The number of rotatable bonds is 6. The monoisotopic (exact) mass is 401 g/mol. The Hall–Kier alpha value is -1.54. The fourth-order valence-electron chi connectivity index (χ4n) is 2.58. The molecule has 0 spiro atoms. The van der Waals surface area contributed by atoms with E-state index < -0.39 is 14.6 Å². The summed E-state index contributed by atoms with van der Waals surface area (Å²) in [5.41, 5.74) is 0. The van der Waals surface area contributed by atoms with Crippen LogP contribution < -0.4 is 15.5 Å². The lowest BCUT2D eigenvalue weighted by Gasteiger charge is -2.23. The van der Waals surface area contributed by atoms with E-state index in [9.17, 15) is 8.42 Å². The van der Waals surface area contributed by atoms with E-state index in [-0.39, 0.29) is 12.6 Å². The smallest absolute Gasteiger partial charge is 0.191 e. The lowest BCUT2D eigenvalue weighted by Crippen LogP contribution is -2.46. The van der Waals surface area contributed by atoms with Crippen LogP contribution in [0.1, 0.15) is 27.2 Å². The molecule has 1 fully saturated rings. The number of nitrogens with zero attached hydrogens (tertiary/aromatic N) is 3. The number of aliphatic imine (C=N–C) groups is 1. The van der Waals surface area contributed by atoms with Crippen molar-refractivity contribution < 1.29 is 8.42 Å². The standard InChI is InChI=1S/C17H28ClN5O2S/c1-5-19-16(21-12-17(2,3)26(4,24)25)22-13-8-10-23(11-13)15-14(18)7-6-9-20-15/h6-7,9,13H,5,8,10-12H2,1-4H3,(H2,19,21,22). The second-order valence-electron chi connectivity index (χ2n) is 7.11. The molecule has 26 heavy (non-hydrogen) atoms. The minimum atomic E-state index is -3.18. The predicted molar refractivity (Wildman–Crippen MR) is 108 cm³/mol. The number of hydrogen-bond acceptors (Lipinski definition) is 5. The van der Waals surface area contributed by atoms with Crippen molar-refractivity contribution in [2.75, 3.05) is 37.3 Å². The third-order valence-corrected chi connectivity index (χ3v) is 6.97. The molecule has 0 aromatic carbocycles. The molecule has 2 N–H and O–H groups in total. The molecule has 2 rings (SSSR count). The molecule has 2 heterocycles. The molecule has 0 bridgehead atoms. The number of anilines is 1. The van der Waals surface area contributed by atoms with E-state index in [0.717, 1.165) is 25.3 Å². The van der Waals surface area contributed by atoms with Gasteiger partial charge in [0.15, 0.2) is 15.8 Å². The van der Waals surface area contributed by atoms with Gasteiger partial charge in [-0.25, -0.2) is 13.4 Å². The second kappa shape index (κ2) is 8.43. The van der Waals surface area contributed by atoms with Crippen molar-refractivity contribution >= 4 is 33.2 Å². The summed E-state index contributed by atoms with van der Waals surface area (Å²) < 4.78 is 22.8. The fourth-order valence-corrected chi connectivity index (χ4v) is 3.12. The summed E-state index contributed by atoms with van der Waals surface area (Å²) in [4.78, 5) is 11.0. The van der Waals surface area contributed by atoms with Crippen molar-refractivity contribution in [3.05, 3.63) is 23.4 Å². The molecule has 1 aromatic heterocycles. The number of sulfone groups is 1.